The summed E-state index contributed by atoms with van der Waals surface area (Å²) in [5.41, 5.74) is 0.971. The molecule has 1 aromatic rings. The van der Waals surface area contributed by atoms with Gasteiger partial charge in [-0.2, -0.15) is 0 Å². The highest BCUT2D eigenvalue weighted by molar-refractivity contribution is 5.46. The Bertz CT molecular complexity index is 354. The average molecular weight is 222 g/mol. The quantitative estimate of drug-likeness (QED) is 0.826. The Kier molecular flexibility index (Phi) is 3.44. The maximum Gasteiger partial charge on any atom is 0.125 e. The van der Waals surface area contributed by atoms with Crippen LogP contribution in [0.5, 0.6) is 0 Å². The molecule has 1 aliphatic heterocycles. The van der Waals surface area contributed by atoms with Gasteiger partial charge in [-0.05, 0) is 44.5 Å². The molecule has 0 aliphatic carbocycles. The third-order valence-corrected chi connectivity index (χ3v) is 3.36. The summed E-state index contributed by atoms with van der Waals surface area (Å²) in [6.07, 6.45) is 2.24. The van der Waals surface area contributed by atoms with Crippen LogP contribution >= 0.6 is 0 Å². The number of benzene rings is 1. The van der Waals surface area contributed by atoms with Gasteiger partial charge in [-0.15, -0.1) is 0 Å². The van der Waals surface area contributed by atoms with Crippen LogP contribution in [0.2, 0.25) is 0 Å². The minimum absolute atomic E-state index is 0.161. The first-order valence-corrected chi connectivity index (χ1v) is 5.88. The molecular weight excluding hydrogens is 203 g/mol. The van der Waals surface area contributed by atoms with Crippen molar-refractivity contribution in [1.29, 1.82) is 0 Å². The molecule has 3 heteroatoms. The summed E-state index contributed by atoms with van der Waals surface area (Å²) in [4.78, 5) is 2.19. The lowest BCUT2D eigenvalue weighted by Gasteiger charge is -2.36. The number of halogens is 1. The van der Waals surface area contributed by atoms with Crippen LogP contribution in [0, 0.1) is 5.82 Å². The van der Waals surface area contributed by atoms with Gasteiger partial charge in [0.05, 0.1) is 0 Å². The van der Waals surface area contributed by atoms with Gasteiger partial charge in [-0.3, -0.25) is 0 Å². The van der Waals surface area contributed by atoms with Crippen molar-refractivity contribution in [3.63, 3.8) is 0 Å². The van der Waals surface area contributed by atoms with Gasteiger partial charge < -0.3 is 10.2 Å². The van der Waals surface area contributed by atoms with Gasteiger partial charge in [0, 0.05) is 24.8 Å². The van der Waals surface area contributed by atoms with Crippen molar-refractivity contribution < 1.29 is 4.39 Å². The molecule has 1 saturated heterocycles. The minimum Gasteiger partial charge on any atom is -0.371 e. The number of nitrogens with one attached hydrogen (secondary N) is 1. The number of nitrogens with zero attached hydrogens (tertiary/aromatic N) is 1. The highest BCUT2D eigenvalue weighted by Crippen LogP contribution is 2.22. The van der Waals surface area contributed by atoms with Gasteiger partial charge in [0.1, 0.15) is 5.82 Å². The Labute approximate surface area is 96.5 Å². The highest BCUT2D eigenvalue weighted by atomic mass is 19.1. The third-order valence-electron chi connectivity index (χ3n) is 3.36. The summed E-state index contributed by atoms with van der Waals surface area (Å²) in [5.74, 6) is -0.161. The molecular formula is C13H19FN2. The maximum absolute atomic E-state index is 13.1. The molecule has 0 aromatic heterocycles. The molecule has 1 fully saturated rings. The summed E-state index contributed by atoms with van der Waals surface area (Å²) >= 11 is 0. The standard InChI is InChI=1S/C13H19FN2/c1-10-8-13(6-7-15-10)16(2)12-5-3-4-11(14)9-12/h3-5,9-10,13,15H,6-8H2,1-2H3. The molecule has 1 N–H and O–H groups in total. The number of hydrogen-bond donors (Lipinski definition) is 1. The number of hydrogen-bond acceptors (Lipinski definition) is 2. The normalized spacial score (nSPS) is 25.4. The van der Waals surface area contributed by atoms with Crippen molar-refractivity contribution >= 4 is 5.69 Å². The maximum atomic E-state index is 13.1. The molecule has 2 rings (SSSR count). The zero-order valence-electron chi connectivity index (χ0n) is 9.91. The van der Waals surface area contributed by atoms with E-state index in [0.717, 1.165) is 25.1 Å². The van der Waals surface area contributed by atoms with Crippen LogP contribution < -0.4 is 10.2 Å². The van der Waals surface area contributed by atoms with Crippen LogP contribution in [-0.2, 0) is 0 Å². The third kappa shape index (κ3) is 2.53. The van der Waals surface area contributed by atoms with Gasteiger partial charge >= 0.3 is 0 Å². The number of anilines is 1. The van der Waals surface area contributed by atoms with Gasteiger partial charge in [0.2, 0.25) is 0 Å². The van der Waals surface area contributed by atoms with Gasteiger partial charge in [0.25, 0.3) is 0 Å². The molecule has 0 amide bonds. The first-order chi connectivity index (χ1) is 7.66. The monoisotopic (exact) mass is 222 g/mol. The SMILES string of the molecule is CC1CC(N(C)c2cccc(F)c2)CCN1. The largest absolute Gasteiger partial charge is 0.371 e. The lowest BCUT2D eigenvalue weighted by atomic mass is 9.99. The average Bonchev–Trinajstić information content (AvgIpc) is 2.28. The van der Waals surface area contributed by atoms with Crippen LogP contribution in [0.4, 0.5) is 10.1 Å². The fourth-order valence-electron chi connectivity index (χ4n) is 2.36. The Morgan fingerprint density at radius 3 is 2.94 bits per heavy atom. The van der Waals surface area contributed by atoms with E-state index in [2.05, 4.69) is 24.2 Å². The fourth-order valence-corrected chi connectivity index (χ4v) is 2.36. The molecule has 1 aliphatic rings. The molecule has 2 nitrogen and oxygen atoms in total. The zero-order valence-corrected chi connectivity index (χ0v) is 9.91. The molecule has 2 atom stereocenters. The molecule has 0 spiro atoms. The second-order valence-corrected chi connectivity index (χ2v) is 4.62. The van der Waals surface area contributed by atoms with Gasteiger partial charge in [-0.1, -0.05) is 6.07 Å². The minimum atomic E-state index is -0.161. The van der Waals surface area contributed by atoms with Crippen molar-refractivity contribution in [3.05, 3.63) is 30.1 Å². The zero-order chi connectivity index (χ0) is 11.5. The van der Waals surface area contributed by atoms with Crippen molar-refractivity contribution in [3.8, 4) is 0 Å². The summed E-state index contributed by atoms with van der Waals surface area (Å²) < 4.78 is 13.1. The van der Waals surface area contributed by atoms with Crippen molar-refractivity contribution in [1.82, 2.24) is 5.32 Å². The molecule has 0 saturated carbocycles. The van der Waals surface area contributed by atoms with E-state index >= 15 is 0 Å². The summed E-state index contributed by atoms with van der Waals surface area (Å²) in [7, 11) is 2.05. The van der Waals surface area contributed by atoms with Crippen LogP contribution in [0.3, 0.4) is 0 Å². The van der Waals surface area contributed by atoms with Crippen molar-refractivity contribution in [2.24, 2.45) is 0 Å². The van der Waals surface area contributed by atoms with Crippen LogP contribution in [-0.4, -0.2) is 25.7 Å². The molecule has 2 unspecified atom stereocenters. The summed E-state index contributed by atoms with van der Waals surface area (Å²) in [6.45, 7) is 3.25. The Hall–Kier alpha value is -1.09. The Balaban J connectivity index is 2.09. The Morgan fingerprint density at radius 2 is 2.25 bits per heavy atom. The second-order valence-electron chi connectivity index (χ2n) is 4.62. The van der Waals surface area contributed by atoms with Crippen molar-refractivity contribution in [2.75, 3.05) is 18.5 Å². The predicted octanol–water partition coefficient (Wildman–Crippen LogP) is 2.40. The van der Waals surface area contributed by atoms with Gasteiger partial charge in [-0.25, -0.2) is 4.39 Å². The lowest BCUT2D eigenvalue weighted by molar-refractivity contribution is 0.371. The molecule has 1 aromatic carbocycles. The lowest BCUT2D eigenvalue weighted by Crippen LogP contribution is -2.45. The van der Waals surface area contributed by atoms with Crippen LogP contribution in [0.1, 0.15) is 19.8 Å². The van der Waals surface area contributed by atoms with E-state index in [1.54, 1.807) is 12.1 Å². The molecule has 16 heavy (non-hydrogen) atoms. The smallest absolute Gasteiger partial charge is 0.125 e. The molecule has 88 valence electrons. The van der Waals surface area contributed by atoms with E-state index in [1.807, 2.05) is 6.07 Å². The fraction of sp³-hybridized carbons (Fsp3) is 0.538. The summed E-state index contributed by atoms with van der Waals surface area (Å²) in [5, 5.41) is 3.43. The van der Waals surface area contributed by atoms with E-state index in [4.69, 9.17) is 0 Å². The van der Waals surface area contributed by atoms with Gasteiger partial charge in [0.15, 0.2) is 0 Å². The first-order valence-electron chi connectivity index (χ1n) is 5.88. The van der Waals surface area contributed by atoms with E-state index in [9.17, 15) is 4.39 Å². The van der Waals surface area contributed by atoms with E-state index < -0.39 is 0 Å². The molecule has 0 bridgehead atoms. The van der Waals surface area contributed by atoms with Crippen LogP contribution in [0.25, 0.3) is 0 Å². The summed E-state index contributed by atoms with van der Waals surface area (Å²) in [6, 6.07) is 7.89. The molecule has 0 radical (unpaired) electrons. The second kappa shape index (κ2) is 4.83. The predicted molar refractivity (Wildman–Crippen MR) is 65.3 cm³/mol. The van der Waals surface area contributed by atoms with E-state index in [0.29, 0.717) is 12.1 Å². The van der Waals surface area contributed by atoms with E-state index in [-0.39, 0.29) is 5.82 Å². The molecule has 1 heterocycles. The number of piperidine rings is 1. The van der Waals surface area contributed by atoms with Crippen LogP contribution in [0.15, 0.2) is 24.3 Å². The van der Waals surface area contributed by atoms with Crippen molar-refractivity contribution in [2.45, 2.75) is 31.8 Å². The highest BCUT2D eigenvalue weighted by Gasteiger charge is 2.22. The number of rotatable bonds is 2. The Morgan fingerprint density at radius 1 is 1.44 bits per heavy atom. The topological polar surface area (TPSA) is 15.3 Å². The van der Waals surface area contributed by atoms with E-state index in [1.165, 1.54) is 6.07 Å². The first kappa shape index (κ1) is 11.4.